The Morgan fingerprint density at radius 2 is 1.64 bits per heavy atom. The fraction of sp³-hybridized carbons (Fsp3) is 0.143. The van der Waals surface area contributed by atoms with Gasteiger partial charge in [0.15, 0.2) is 0 Å². The first kappa shape index (κ1) is 15.6. The zero-order valence-corrected chi connectivity index (χ0v) is 12.3. The molecule has 0 saturated heterocycles. The van der Waals surface area contributed by atoms with E-state index >= 15 is 0 Å². The molecule has 0 fully saturated rings. The number of nitrogens with one attached hydrogen (secondary N) is 2. The van der Waals surface area contributed by atoms with Crippen molar-refractivity contribution in [2.24, 2.45) is 0 Å². The number of hydrogen-bond acceptors (Lipinski definition) is 5. The molecule has 0 radical (unpaired) electrons. The van der Waals surface area contributed by atoms with E-state index in [1.807, 2.05) is 6.07 Å². The molecule has 2 aromatic rings. The van der Waals surface area contributed by atoms with Gasteiger partial charge in [-0.3, -0.25) is 19.7 Å². The summed E-state index contributed by atoms with van der Waals surface area (Å²) in [5, 5.41) is 15.7. The maximum atomic E-state index is 11.8. The number of thiophene rings is 1. The number of nitro groups is 1. The van der Waals surface area contributed by atoms with E-state index in [1.165, 1.54) is 12.1 Å². The van der Waals surface area contributed by atoms with Crippen LogP contribution in [0.3, 0.4) is 0 Å². The number of benzene rings is 1. The van der Waals surface area contributed by atoms with Crippen molar-refractivity contribution in [1.29, 1.82) is 0 Å². The Kier molecular flexibility index (Phi) is 5.21. The van der Waals surface area contributed by atoms with Gasteiger partial charge < -0.3 is 10.6 Å². The molecular formula is C14H13N3O4S. The minimum Gasteiger partial charge on any atom is -0.350 e. The molecule has 7 nitrogen and oxygen atoms in total. The lowest BCUT2D eigenvalue weighted by atomic mass is 10.2. The molecule has 0 spiro atoms. The molecule has 0 aliphatic carbocycles. The summed E-state index contributed by atoms with van der Waals surface area (Å²) in [6.07, 6.45) is 0. The summed E-state index contributed by atoms with van der Waals surface area (Å²) in [7, 11) is 0. The van der Waals surface area contributed by atoms with Crippen LogP contribution in [0.4, 0.5) is 5.00 Å². The van der Waals surface area contributed by atoms with Crippen LogP contribution in [0.25, 0.3) is 0 Å². The average Bonchev–Trinajstić information content (AvgIpc) is 3.02. The smallest absolute Gasteiger partial charge is 0.324 e. The summed E-state index contributed by atoms with van der Waals surface area (Å²) in [4.78, 5) is 33.8. The second kappa shape index (κ2) is 7.32. The van der Waals surface area contributed by atoms with E-state index in [9.17, 15) is 19.7 Å². The van der Waals surface area contributed by atoms with Gasteiger partial charge in [0.2, 0.25) is 0 Å². The highest BCUT2D eigenvalue weighted by molar-refractivity contribution is 7.17. The minimum absolute atomic E-state index is 0.0810. The van der Waals surface area contributed by atoms with Crippen LogP contribution in [0.5, 0.6) is 0 Å². The van der Waals surface area contributed by atoms with Gasteiger partial charge in [-0.1, -0.05) is 29.5 Å². The predicted molar refractivity (Wildman–Crippen MR) is 82.1 cm³/mol. The topological polar surface area (TPSA) is 101 Å². The molecule has 0 aliphatic heterocycles. The van der Waals surface area contributed by atoms with E-state index in [4.69, 9.17) is 0 Å². The lowest BCUT2D eigenvalue weighted by Gasteiger charge is -2.06. The van der Waals surface area contributed by atoms with Gasteiger partial charge >= 0.3 is 5.00 Å². The van der Waals surface area contributed by atoms with Crippen LogP contribution in [0.2, 0.25) is 0 Å². The van der Waals surface area contributed by atoms with Gasteiger partial charge in [0.1, 0.15) is 0 Å². The molecule has 2 amide bonds. The van der Waals surface area contributed by atoms with E-state index in [0.29, 0.717) is 5.56 Å². The molecule has 1 heterocycles. The van der Waals surface area contributed by atoms with E-state index in [0.717, 1.165) is 11.3 Å². The summed E-state index contributed by atoms with van der Waals surface area (Å²) in [5.74, 6) is -0.617. The molecule has 8 heteroatoms. The van der Waals surface area contributed by atoms with Crippen LogP contribution in [0.1, 0.15) is 20.0 Å². The van der Waals surface area contributed by atoms with Crippen LogP contribution < -0.4 is 10.6 Å². The zero-order valence-electron chi connectivity index (χ0n) is 11.4. The van der Waals surface area contributed by atoms with Crippen molar-refractivity contribution < 1.29 is 14.5 Å². The number of hydrogen-bond donors (Lipinski definition) is 2. The molecule has 0 saturated carbocycles. The number of nitrogens with zero attached hydrogens (tertiary/aromatic N) is 1. The van der Waals surface area contributed by atoms with E-state index in [2.05, 4.69) is 10.6 Å². The molecule has 22 heavy (non-hydrogen) atoms. The normalized spacial score (nSPS) is 10.0. The second-order valence-corrected chi connectivity index (χ2v) is 5.34. The maximum Gasteiger partial charge on any atom is 0.324 e. The fourth-order valence-electron chi connectivity index (χ4n) is 1.68. The van der Waals surface area contributed by atoms with Gasteiger partial charge in [0, 0.05) is 24.7 Å². The molecular weight excluding hydrogens is 306 g/mol. The Bertz CT molecular complexity index is 684. The monoisotopic (exact) mass is 319 g/mol. The largest absolute Gasteiger partial charge is 0.350 e. The molecule has 2 N–H and O–H groups in total. The summed E-state index contributed by atoms with van der Waals surface area (Å²) in [5.41, 5.74) is 0.544. The van der Waals surface area contributed by atoms with Gasteiger partial charge in [0.05, 0.1) is 9.80 Å². The second-order valence-electron chi connectivity index (χ2n) is 4.27. The van der Waals surface area contributed by atoms with Crippen molar-refractivity contribution in [2.75, 3.05) is 13.1 Å². The number of rotatable bonds is 6. The van der Waals surface area contributed by atoms with E-state index in [-0.39, 0.29) is 28.9 Å². The highest BCUT2D eigenvalue weighted by atomic mass is 32.1. The van der Waals surface area contributed by atoms with Crippen LogP contribution in [0.15, 0.2) is 42.5 Å². The molecule has 114 valence electrons. The van der Waals surface area contributed by atoms with Gasteiger partial charge in [-0.25, -0.2) is 0 Å². The molecule has 0 atom stereocenters. The van der Waals surface area contributed by atoms with E-state index < -0.39 is 10.8 Å². The van der Waals surface area contributed by atoms with E-state index in [1.54, 1.807) is 24.3 Å². The molecule has 0 aliphatic rings. The van der Waals surface area contributed by atoms with Crippen molar-refractivity contribution in [1.82, 2.24) is 10.6 Å². The number of carbonyl (C=O) groups is 2. The van der Waals surface area contributed by atoms with Crippen molar-refractivity contribution >= 4 is 28.2 Å². The first-order valence-corrected chi connectivity index (χ1v) is 7.25. The van der Waals surface area contributed by atoms with Crippen molar-refractivity contribution in [2.45, 2.75) is 0 Å². The highest BCUT2D eigenvalue weighted by Crippen LogP contribution is 2.23. The van der Waals surface area contributed by atoms with Crippen molar-refractivity contribution in [3.05, 3.63) is 63.0 Å². The Morgan fingerprint density at radius 3 is 2.23 bits per heavy atom. The first-order valence-electron chi connectivity index (χ1n) is 6.43. The highest BCUT2D eigenvalue weighted by Gasteiger charge is 2.14. The lowest BCUT2D eigenvalue weighted by molar-refractivity contribution is -0.380. The molecule has 2 rings (SSSR count). The van der Waals surface area contributed by atoms with Crippen LogP contribution in [-0.2, 0) is 0 Å². The van der Waals surface area contributed by atoms with Gasteiger partial charge in [-0.05, 0) is 18.2 Å². The fourth-order valence-corrected chi connectivity index (χ4v) is 2.42. The van der Waals surface area contributed by atoms with Crippen LogP contribution >= 0.6 is 11.3 Å². The lowest BCUT2D eigenvalue weighted by Crippen LogP contribution is -2.34. The molecule has 0 unspecified atom stereocenters. The Morgan fingerprint density at radius 1 is 1.00 bits per heavy atom. The molecule has 1 aromatic heterocycles. The summed E-state index contributed by atoms with van der Waals surface area (Å²) in [6.45, 7) is 0.510. The Labute approximate surface area is 130 Å². The van der Waals surface area contributed by atoms with Crippen LogP contribution in [-0.4, -0.2) is 29.8 Å². The third-order valence-electron chi connectivity index (χ3n) is 2.73. The minimum atomic E-state index is -0.540. The Balaban J connectivity index is 1.75. The Hall–Kier alpha value is -2.74. The average molecular weight is 319 g/mol. The van der Waals surface area contributed by atoms with Crippen molar-refractivity contribution in [3.63, 3.8) is 0 Å². The summed E-state index contributed by atoms with van der Waals surface area (Å²) < 4.78 is 0. The molecule has 1 aromatic carbocycles. The predicted octanol–water partition coefficient (Wildman–Crippen LogP) is 1.82. The number of amides is 2. The quantitative estimate of drug-likeness (QED) is 0.481. The summed E-state index contributed by atoms with van der Waals surface area (Å²) >= 11 is 0.812. The van der Waals surface area contributed by atoms with Gasteiger partial charge in [-0.15, -0.1) is 0 Å². The van der Waals surface area contributed by atoms with Gasteiger partial charge in [-0.2, -0.15) is 0 Å². The third-order valence-corrected chi connectivity index (χ3v) is 3.76. The first-order chi connectivity index (χ1) is 10.6. The van der Waals surface area contributed by atoms with Crippen molar-refractivity contribution in [3.8, 4) is 0 Å². The molecule has 0 bridgehead atoms. The SMILES string of the molecule is O=C(NCCNC(=O)c1ccc([N+](=O)[O-])s1)c1ccccc1. The third kappa shape index (κ3) is 4.13. The maximum absolute atomic E-state index is 11.8. The van der Waals surface area contributed by atoms with Crippen LogP contribution in [0, 0.1) is 10.1 Å². The summed E-state index contributed by atoms with van der Waals surface area (Å²) in [6, 6.07) is 11.4. The standard InChI is InChI=1S/C14H13N3O4S/c18-13(10-4-2-1-3-5-10)15-8-9-16-14(19)11-6-7-12(22-11)17(20)21/h1-7H,8-9H2,(H,15,18)(H,16,19). The van der Waals surface area contributed by atoms with Gasteiger partial charge in [0.25, 0.3) is 11.8 Å². The zero-order chi connectivity index (χ0) is 15.9. The number of carbonyl (C=O) groups excluding carboxylic acids is 2.